The Hall–Kier alpha value is -2.05. The minimum absolute atomic E-state index is 0.166. The van der Waals surface area contributed by atoms with E-state index in [2.05, 4.69) is 5.32 Å². The number of para-hydroxylation sites is 1. The zero-order valence-corrected chi connectivity index (χ0v) is 15.8. The maximum absolute atomic E-state index is 12.1. The monoisotopic (exact) mass is 380 g/mol. The molecule has 0 bridgehead atoms. The van der Waals surface area contributed by atoms with Crippen molar-refractivity contribution in [1.29, 1.82) is 0 Å². The fourth-order valence-corrected chi connectivity index (χ4v) is 3.57. The van der Waals surface area contributed by atoms with Crippen molar-refractivity contribution >= 4 is 33.2 Å². The number of aryl methyl sites for hydroxylation is 1. The lowest BCUT2D eigenvalue weighted by Crippen LogP contribution is -2.38. The van der Waals surface area contributed by atoms with Gasteiger partial charge in [-0.2, -0.15) is 0 Å². The number of amides is 1. The molecule has 0 saturated heterocycles. The highest BCUT2D eigenvalue weighted by Gasteiger charge is 2.18. The number of halogens is 1. The molecule has 7 heteroatoms. The third-order valence-corrected chi connectivity index (χ3v) is 5.13. The number of carbonyl (C=O) groups excluding carboxylic acids is 1. The molecule has 0 radical (unpaired) electrons. The van der Waals surface area contributed by atoms with Crippen molar-refractivity contribution in [1.82, 2.24) is 5.32 Å². The van der Waals surface area contributed by atoms with Gasteiger partial charge in [0.2, 0.25) is 15.9 Å². The first-order valence-corrected chi connectivity index (χ1v) is 10.0. The second-order valence-electron chi connectivity index (χ2n) is 5.77. The minimum Gasteiger partial charge on any atom is -0.354 e. The first-order valence-electron chi connectivity index (χ1n) is 7.82. The van der Waals surface area contributed by atoms with E-state index < -0.39 is 10.0 Å². The lowest BCUT2D eigenvalue weighted by molar-refractivity contribution is -0.120. The summed E-state index contributed by atoms with van der Waals surface area (Å²) in [5.41, 5.74) is 2.33. The number of nitrogens with one attached hydrogen (secondary N) is 1. The maximum atomic E-state index is 12.1. The Morgan fingerprint density at radius 1 is 1.12 bits per heavy atom. The summed E-state index contributed by atoms with van der Waals surface area (Å²) < 4.78 is 25.5. The van der Waals surface area contributed by atoms with Crippen molar-refractivity contribution in [2.24, 2.45) is 0 Å². The van der Waals surface area contributed by atoms with Gasteiger partial charge in [-0.05, 0) is 36.2 Å². The van der Waals surface area contributed by atoms with Crippen LogP contribution >= 0.6 is 11.6 Å². The Kier molecular flexibility index (Phi) is 6.45. The van der Waals surface area contributed by atoms with Crippen LogP contribution in [0, 0.1) is 6.92 Å². The highest BCUT2D eigenvalue weighted by Crippen LogP contribution is 2.21. The van der Waals surface area contributed by atoms with Gasteiger partial charge in [-0.3, -0.25) is 9.10 Å². The minimum atomic E-state index is -3.43. The fourth-order valence-electron chi connectivity index (χ4n) is 2.46. The lowest BCUT2D eigenvalue weighted by atomic mass is 10.1. The lowest BCUT2D eigenvalue weighted by Gasteiger charge is -2.24. The Morgan fingerprint density at radius 3 is 2.36 bits per heavy atom. The van der Waals surface area contributed by atoms with Gasteiger partial charge in [-0.1, -0.05) is 41.9 Å². The van der Waals surface area contributed by atoms with Crippen molar-refractivity contribution in [3.05, 3.63) is 64.7 Å². The molecule has 1 amide bonds. The Balaban J connectivity index is 1.96. The van der Waals surface area contributed by atoms with E-state index in [1.807, 2.05) is 19.1 Å². The molecule has 0 aliphatic carbocycles. The first-order chi connectivity index (χ1) is 11.8. The molecule has 2 rings (SSSR count). The van der Waals surface area contributed by atoms with E-state index in [4.69, 9.17) is 11.6 Å². The zero-order chi connectivity index (χ0) is 18.4. The van der Waals surface area contributed by atoms with Gasteiger partial charge in [0.05, 0.1) is 24.9 Å². The smallest absolute Gasteiger partial charge is 0.232 e. The Bertz CT molecular complexity index is 836. The first kappa shape index (κ1) is 19.3. The van der Waals surface area contributed by atoms with Gasteiger partial charge < -0.3 is 5.32 Å². The molecule has 134 valence electrons. The molecule has 2 aromatic rings. The molecule has 0 heterocycles. The molecule has 25 heavy (non-hydrogen) atoms. The van der Waals surface area contributed by atoms with Gasteiger partial charge in [-0.15, -0.1) is 0 Å². The highest BCUT2D eigenvalue weighted by atomic mass is 35.5. The summed E-state index contributed by atoms with van der Waals surface area (Å²) in [7, 11) is -3.43. The summed E-state index contributed by atoms with van der Waals surface area (Å²) in [5, 5.41) is 3.38. The number of carbonyl (C=O) groups is 1. The van der Waals surface area contributed by atoms with Crippen LogP contribution in [0.3, 0.4) is 0 Å². The quantitative estimate of drug-likeness (QED) is 0.803. The zero-order valence-electron chi connectivity index (χ0n) is 14.2. The van der Waals surface area contributed by atoms with E-state index >= 15 is 0 Å². The van der Waals surface area contributed by atoms with Crippen molar-refractivity contribution in [2.75, 3.05) is 23.7 Å². The van der Waals surface area contributed by atoms with Crippen molar-refractivity contribution < 1.29 is 13.2 Å². The average Bonchev–Trinajstić information content (AvgIpc) is 2.54. The standard InChI is InChI=1S/C18H21ClN2O3S/c1-14-5-3-4-6-17(14)21(25(2,23)24)12-11-20-18(22)13-15-7-9-16(19)10-8-15/h3-10H,11-13H2,1-2H3,(H,20,22). The number of hydrogen-bond acceptors (Lipinski definition) is 3. The van der Waals surface area contributed by atoms with E-state index in [-0.39, 0.29) is 25.4 Å². The predicted octanol–water partition coefficient (Wildman–Crippen LogP) is 2.77. The third-order valence-electron chi connectivity index (χ3n) is 3.70. The largest absolute Gasteiger partial charge is 0.354 e. The summed E-state index contributed by atoms with van der Waals surface area (Å²) in [6.07, 6.45) is 1.38. The van der Waals surface area contributed by atoms with Crippen molar-refractivity contribution in [3.63, 3.8) is 0 Å². The van der Waals surface area contributed by atoms with Crippen LogP contribution in [0.2, 0.25) is 5.02 Å². The SMILES string of the molecule is Cc1ccccc1N(CCNC(=O)Cc1ccc(Cl)cc1)S(C)(=O)=O. The molecule has 1 N–H and O–H groups in total. The number of anilines is 1. The van der Waals surface area contributed by atoms with E-state index in [9.17, 15) is 13.2 Å². The van der Waals surface area contributed by atoms with Crippen LogP contribution in [0.25, 0.3) is 0 Å². The summed E-state index contributed by atoms with van der Waals surface area (Å²) >= 11 is 5.82. The van der Waals surface area contributed by atoms with E-state index in [1.165, 1.54) is 4.31 Å². The van der Waals surface area contributed by atoms with Crippen LogP contribution in [-0.2, 0) is 21.2 Å². The maximum Gasteiger partial charge on any atom is 0.232 e. The van der Waals surface area contributed by atoms with Crippen molar-refractivity contribution in [3.8, 4) is 0 Å². The van der Waals surface area contributed by atoms with Gasteiger partial charge in [0, 0.05) is 11.6 Å². The number of hydrogen-bond donors (Lipinski definition) is 1. The molecule has 5 nitrogen and oxygen atoms in total. The molecule has 0 aliphatic rings. The van der Waals surface area contributed by atoms with Crippen LogP contribution in [0.1, 0.15) is 11.1 Å². The molecule has 0 aromatic heterocycles. The molecule has 0 aliphatic heterocycles. The summed E-state index contributed by atoms with van der Waals surface area (Å²) in [4.78, 5) is 12.0. The number of benzene rings is 2. The second kappa shape index (κ2) is 8.36. The van der Waals surface area contributed by atoms with Crippen LogP contribution in [0.4, 0.5) is 5.69 Å². The molecule has 0 spiro atoms. The number of nitrogens with zero attached hydrogens (tertiary/aromatic N) is 1. The fraction of sp³-hybridized carbons (Fsp3) is 0.278. The van der Waals surface area contributed by atoms with Crippen LogP contribution < -0.4 is 9.62 Å². The van der Waals surface area contributed by atoms with Gasteiger partial charge in [0.25, 0.3) is 0 Å². The molecular formula is C18H21ClN2O3S. The molecular weight excluding hydrogens is 360 g/mol. The number of sulfonamides is 1. The molecule has 0 atom stereocenters. The average molecular weight is 381 g/mol. The number of rotatable bonds is 7. The predicted molar refractivity (Wildman–Crippen MR) is 102 cm³/mol. The normalized spacial score (nSPS) is 11.2. The summed E-state index contributed by atoms with van der Waals surface area (Å²) in [6, 6.07) is 14.3. The molecule has 2 aromatic carbocycles. The second-order valence-corrected chi connectivity index (χ2v) is 8.12. The summed E-state index contributed by atoms with van der Waals surface area (Å²) in [6.45, 7) is 2.26. The molecule has 0 saturated carbocycles. The van der Waals surface area contributed by atoms with Crippen LogP contribution in [0.5, 0.6) is 0 Å². The Labute approximate surface area is 153 Å². The van der Waals surface area contributed by atoms with E-state index in [0.717, 1.165) is 17.4 Å². The molecule has 0 fully saturated rings. The summed E-state index contributed by atoms with van der Waals surface area (Å²) in [5.74, 6) is -0.166. The van der Waals surface area contributed by atoms with Crippen LogP contribution in [-0.4, -0.2) is 33.7 Å². The molecule has 0 unspecified atom stereocenters. The van der Waals surface area contributed by atoms with Gasteiger partial charge in [0.1, 0.15) is 0 Å². The highest BCUT2D eigenvalue weighted by molar-refractivity contribution is 7.92. The third kappa shape index (κ3) is 5.76. The van der Waals surface area contributed by atoms with E-state index in [0.29, 0.717) is 10.7 Å². The Morgan fingerprint density at radius 2 is 1.76 bits per heavy atom. The topological polar surface area (TPSA) is 66.5 Å². The van der Waals surface area contributed by atoms with Gasteiger partial charge >= 0.3 is 0 Å². The van der Waals surface area contributed by atoms with E-state index in [1.54, 1.807) is 36.4 Å². The van der Waals surface area contributed by atoms with Crippen LogP contribution in [0.15, 0.2) is 48.5 Å². The van der Waals surface area contributed by atoms with Crippen molar-refractivity contribution in [2.45, 2.75) is 13.3 Å². The van der Waals surface area contributed by atoms with Gasteiger partial charge in [0.15, 0.2) is 0 Å². The van der Waals surface area contributed by atoms with Gasteiger partial charge in [-0.25, -0.2) is 8.42 Å².